The highest BCUT2D eigenvalue weighted by Crippen LogP contribution is 2.21. The van der Waals surface area contributed by atoms with Crippen molar-refractivity contribution in [2.75, 3.05) is 16.3 Å². The van der Waals surface area contributed by atoms with E-state index in [0.29, 0.717) is 33.7 Å². The molecule has 1 heterocycles. The van der Waals surface area contributed by atoms with E-state index in [-0.39, 0.29) is 12.1 Å². The van der Waals surface area contributed by atoms with Gasteiger partial charge in [-0.15, -0.1) is 0 Å². The summed E-state index contributed by atoms with van der Waals surface area (Å²) in [6, 6.07) is 11.8. The van der Waals surface area contributed by atoms with Crippen LogP contribution in [0.1, 0.15) is 11.4 Å². The minimum absolute atomic E-state index is 0.203. The van der Waals surface area contributed by atoms with Crippen molar-refractivity contribution >= 4 is 38.2 Å². The fourth-order valence-corrected chi connectivity index (χ4v) is 3.44. The number of hydrogen-bond donors (Lipinski definition) is 2. The molecule has 0 atom stereocenters. The number of amides is 1. The predicted octanol–water partition coefficient (Wildman–Crippen LogP) is 2.02. The van der Waals surface area contributed by atoms with Crippen LogP contribution in [-0.4, -0.2) is 30.1 Å². The molecule has 0 radical (unpaired) electrons. The summed E-state index contributed by atoms with van der Waals surface area (Å²) in [5, 5.41) is 3.13. The van der Waals surface area contributed by atoms with Gasteiger partial charge in [0.25, 0.3) is 5.56 Å². The summed E-state index contributed by atoms with van der Waals surface area (Å²) >= 11 is 0. The molecule has 0 aliphatic rings. The molecule has 0 aliphatic heterocycles. The van der Waals surface area contributed by atoms with E-state index in [9.17, 15) is 18.0 Å². The third kappa shape index (κ3) is 4.37. The number of nitrogens with zero attached hydrogens (tertiary/aromatic N) is 2. The number of carbonyl (C=O) groups excluding carboxylic acids is 1. The molecular weight excluding hydrogens is 380 g/mol. The molecule has 2 N–H and O–H groups in total. The number of fused-ring (bicyclic) bond motifs is 1. The third-order valence-electron chi connectivity index (χ3n) is 4.17. The van der Waals surface area contributed by atoms with Gasteiger partial charge in [0, 0.05) is 5.69 Å². The van der Waals surface area contributed by atoms with E-state index in [2.05, 4.69) is 15.0 Å². The van der Waals surface area contributed by atoms with E-state index in [0.717, 1.165) is 6.26 Å². The summed E-state index contributed by atoms with van der Waals surface area (Å²) in [6.45, 7) is 3.22. The molecule has 1 amide bonds. The summed E-state index contributed by atoms with van der Waals surface area (Å²) in [4.78, 5) is 29.5. The van der Waals surface area contributed by atoms with Gasteiger partial charge < -0.3 is 5.32 Å². The molecule has 0 unspecified atom stereocenters. The van der Waals surface area contributed by atoms with Crippen LogP contribution in [0.25, 0.3) is 10.9 Å². The molecule has 0 saturated carbocycles. The maximum absolute atomic E-state index is 12.7. The standard InChI is InChI=1S/C19H20N4O4S/c1-12-8-9-14(10-17(12)22-28(3,26)27)21-18(24)11-23-13(2)20-16-7-5-4-6-15(16)19(23)25/h4-10,22H,11H2,1-3H3,(H,21,24). The lowest BCUT2D eigenvalue weighted by Gasteiger charge is -2.13. The van der Waals surface area contributed by atoms with Gasteiger partial charge in [-0.05, 0) is 43.7 Å². The molecule has 3 rings (SSSR count). The molecule has 8 nitrogen and oxygen atoms in total. The van der Waals surface area contributed by atoms with Gasteiger partial charge in [-0.1, -0.05) is 18.2 Å². The maximum atomic E-state index is 12.7. The van der Waals surface area contributed by atoms with Gasteiger partial charge in [0.05, 0.1) is 22.8 Å². The SMILES string of the molecule is Cc1ccc(NC(=O)Cn2c(C)nc3ccccc3c2=O)cc1NS(C)(=O)=O. The van der Waals surface area contributed by atoms with Crippen molar-refractivity contribution in [1.29, 1.82) is 0 Å². The van der Waals surface area contributed by atoms with Crippen molar-refractivity contribution in [2.45, 2.75) is 20.4 Å². The maximum Gasteiger partial charge on any atom is 0.261 e. The molecule has 0 spiro atoms. The minimum atomic E-state index is -3.44. The zero-order valence-corrected chi connectivity index (χ0v) is 16.5. The highest BCUT2D eigenvalue weighted by Gasteiger charge is 2.13. The van der Waals surface area contributed by atoms with Crippen LogP contribution in [0.4, 0.5) is 11.4 Å². The first-order valence-corrected chi connectivity index (χ1v) is 10.4. The summed E-state index contributed by atoms with van der Waals surface area (Å²) in [5.41, 5.74) is 1.80. The molecule has 1 aromatic heterocycles. The van der Waals surface area contributed by atoms with Crippen molar-refractivity contribution in [3.05, 3.63) is 64.2 Å². The highest BCUT2D eigenvalue weighted by atomic mass is 32.2. The number of sulfonamides is 1. The normalized spacial score (nSPS) is 11.4. The van der Waals surface area contributed by atoms with Crippen molar-refractivity contribution in [3.63, 3.8) is 0 Å². The van der Waals surface area contributed by atoms with Gasteiger partial charge in [-0.3, -0.25) is 18.9 Å². The van der Waals surface area contributed by atoms with Crippen molar-refractivity contribution in [2.24, 2.45) is 0 Å². The van der Waals surface area contributed by atoms with Crippen molar-refractivity contribution < 1.29 is 13.2 Å². The molecule has 0 aliphatic carbocycles. The molecule has 28 heavy (non-hydrogen) atoms. The van der Waals surface area contributed by atoms with E-state index >= 15 is 0 Å². The van der Waals surface area contributed by atoms with Gasteiger partial charge in [-0.25, -0.2) is 13.4 Å². The van der Waals surface area contributed by atoms with Crippen LogP contribution < -0.4 is 15.6 Å². The molecular formula is C19H20N4O4S. The predicted molar refractivity (Wildman–Crippen MR) is 109 cm³/mol. The summed E-state index contributed by atoms with van der Waals surface area (Å²) in [6.07, 6.45) is 1.06. The summed E-state index contributed by atoms with van der Waals surface area (Å²) in [7, 11) is -3.44. The Labute approximate surface area is 162 Å². The molecule has 0 fully saturated rings. The Morgan fingerprint density at radius 2 is 1.86 bits per heavy atom. The Balaban J connectivity index is 1.84. The van der Waals surface area contributed by atoms with E-state index in [4.69, 9.17) is 0 Å². The first-order chi connectivity index (χ1) is 13.1. The first kappa shape index (κ1) is 19.6. The second-order valence-electron chi connectivity index (χ2n) is 6.52. The molecule has 3 aromatic rings. The number of benzene rings is 2. The van der Waals surface area contributed by atoms with Crippen LogP contribution in [0.2, 0.25) is 0 Å². The van der Waals surface area contributed by atoms with Gasteiger partial charge in [0.1, 0.15) is 12.4 Å². The van der Waals surface area contributed by atoms with Crippen molar-refractivity contribution in [3.8, 4) is 0 Å². The number of aromatic nitrogens is 2. The van der Waals surface area contributed by atoms with Gasteiger partial charge in [-0.2, -0.15) is 0 Å². The van der Waals surface area contributed by atoms with Crippen LogP contribution in [0.3, 0.4) is 0 Å². The van der Waals surface area contributed by atoms with Gasteiger partial charge >= 0.3 is 0 Å². The summed E-state index contributed by atoms with van der Waals surface area (Å²) < 4.78 is 26.6. The Morgan fingerprint density at radius 1 is 1.14 bits per heavy atom. The number of aryl methyl sites for hydroxylation is 2. The number of para-hydroxylation sites is 1. The monoisotopic (exact) mass is 400 g/mol. The van der Waals surface area contributed by atoms with Crippen LogP contribution in [0.5, 0.6) is 0 Å². The van der Waals surface area contributed by atoms with Gasteiger partial charge in [0.15, 0.2) is 0 Å². The van der Waals surface area contributed by atoms with E-state index in [1.807, 2.05) is 0 Å². The lowest BCUT2D eigenvalue weighted by Crippen LogP contribution is -2.30. The molecule has 146 valence electrons. The fourth-order valence-electron chi connectivity index (χ4n) is 2.82. The molecule has 2 aromatic carbocycles. The number of anilines is 2. The molecule has 0 bridgehead atoms. The summed E-state index contributed by atoms with van der Waals surface area (Å²) in [5.74, 6) is 0.0126. The second-order valence-corrected chi connectivity index (χ2v) is 8.27. The lowest BCUT2D eigenvalue weighted by molar-refractivity contribution is -0.116. The van der Waals surface area contributed by atoms with E-state index < -0.39 is 15.9 Å². The number of rotatable bonds is 5. The Bertz CT molecular complexity index is 1230. The first-order valence-electron chi connectivity index (χ1n) is 8.48. The van der Waals surface area contributed by atoms with Crippen LogP contribution in [-0.2, 0) is 21.4 Å². The quantitative estimate of drug-likeness (QED) is 0.681. The largest absolute Gasteiger partial charge is 0.324 e. The van der Waals surface area contributed by atoms with Crippen LogP contribution in [0, 0.1) is 13.8 Å². The number of nitrogens with one attached hydrogen (secondary N) is 2. The fraction of sp³-hybridized carbons (Fsp3) is 0.211. The molecule has 9 heteroatoms. The van der Waals surface area contributed by atoms with E-state index in [1.165, 1.54) is 10.6 Å². The van der Waals surface area contributed by atoms with Crippen LogP contribution in [0.15, 0.2) is 47.3 Å². The second kappa shape index (κ2) is 7.43. The third-order valence-corrected chi connectivity index (χ3v) is 4.76. The molecule has 0 saturated heterocycles. The van der Waals surface area contributed by atoms with Gasteiger partial charge in [0.2, 0.25) is 15.9 Å². The smallest absolute Gasteiger partial charge is 0.261 e. The average molecular weight is 400 g/mol. The average Bonchev–Trinajstić information content (AvgIpc) is 2.60. The lowest BCUT2D eigenvalue weighted by atomic mass is 10.2. The highest BCUT2D eigenvalue weighted by molar-refractivity contribution is 7.92. The minimum Gasteiger partial charge on any atom is -0.324 e. The zero-order chi connectivity index (χ0) is 20.5. The Kier molecular flexibility index (Phi) is 5.19. The zero-order valence-electron chi connectivity index (χ0n) is 15.7. The number of carbonyl (C=O) groups is 1. The van der Waals surface area contributed by atoms with Crippen molar-refractivity contribution in [1.82, 2.24) is 9.55 Å². The number of hydrogen-bond acceptors (Lipinski definition) is 5. The van der Waals surface area contributed by atoms with E-state index in [1.54, 1.807) is 50.2 Å². The Morgan fingerprint density at radius 3 is 2.57 bits per heavy atom. The Hall–Kier alpha value is -3.20. The van der Waals surface area contributed by atoms with Crippen LogP contribution >= 0.6 is 0 Å². The topological polar surface area (TPSA) is 110 Å².